The molecule has 1 atom stereocenters. The topological polar surface area (TPSA) is 61.8 Å². The molecule has 1 aromatic rings. The zero-order chi connectivity index (χ0) is 16.1. The highest BCUT2D eigenvalue weighted by molar-refractivity contribution is 6.00. The first-order chi connectivity index (χ1) is 10.6. The van der Waals surface area contributed by atoms with Crippen LogP contribution in [0, 0.1) is 0 Å². The van der Waals surface area contributed by atoms with Gasteiger partial charge in [0.15, 0.2) is 0 Å². The van der Waals surface area contributed by atoms with Gasteiger partial charge in [-0.15, -0.1) is 0 Å². The van der Waals surface area contributed by atoms with E-state index in [9.17, 15) is 9.90 Å². The second-order valence-electron chi connectivity index (χ2n) is 5.64. The van der Waals surface area contributed by atoms with Gasteiger partial charge in [-0.25, -0.2) is 0 Å². The van der Waals surface area contributed by atoms with Crippen LogP contribution < -0.4 is 10.1 Å². The van der Waals surface area contributed by atoms with Crippen molar-refractivity contribution in [2.24, 2.45) is 0 Å². The van der Waals surface area contributed by atoms with Crippen molar-refractivity contribution in [1.82, 2.24) is 10.2 Å². The molecular weight excluding hydrogens is 280 g/mol. The van der Waals surface area contributed by atoms with Gasteiger partial charge in [-0.2, -0.15) is 0 Å². The molecule has 0 radical (unpaired) electrons. The number of benzene rings is 1. The molecule has 0 unspecified atom stereocenters. The van der Waals surface area contributed by atoms with Crippen LogP contribution in [0.15, 0.2) is 12.1 Å². The number of likely N-dealkylation sites (tertiary alicyclic amines) is 1. The Bertz CT molecular complexity index is 531. The number of aromatic hydroxyl groups is 1. The quantitative estimate of drug-likeness (QED) is 0.845. The van der Waals surface area contributed by atoms with Crippen molar-refractivity contribution in [3.8, 4) is 11.5 Å². The van der Waals surface area contributed by atoms with Crippen LogP contribution in [0.2, 0.25) is 0 Å². The first-order valence-electron chi connectivity index (χ1n) is 8.03. The Hall–Kier alpha value is -1.75. The first kappa shape index (κ1) is 16.6. The van der Waals surface area contributed by atoms with E-state index in [-0.39, 0.29) is 17.2 Å². The number of nitrogens with one attached hydrogen (secondary N) is 1. The molecule has 2 rings (SSSR count). The molecule has 122 valence electrons. The fourth-order valence-corrected chi connectivity index (χ4v) is 3.19. The number of amides is 1. The van der Waals surface area contributed by atoms with Crippen LogP contribution in [0.1, 0.15) is 42.6 Å². The highest BCUT2D eigenvalue weighted by Gasteiger charge is 2.25. The predicted molar refractivity (Wildman–Crippen MR) is 86.6 cm³/mol. The molecule has 5 heteroatoms. The highest BCUT2D eigenvalue weighted by atomic mass is 16.5. The molecule has 1 fully saturated rings. The third kappa shape index (κ3) is 3.35. The molecule has 1 saturated heterocycles. The van der Waals surface area contributed by atoms with Crippen LogP contribution >= 0.6 is 0 Å². The molecule has 0 aliphatic carbocycles. The number of hydrogen-bond acceptors (Lipinski definition) is 4. The number of phenolic OH excluding ortho intramolecular Hbond substituents is 1. The lowest BCUT2D eigenvalue weighted by molar-refractivity contribution is 0.0935. The Morgan fingerprint density at radius 1 is 1.45 bits per heavy atom. The van der Waals surface area contributed by atoms with Crippen molar-refractivity contribution in [3.63, 3.8) is 0 Å². The van der Waals surface area contributed by atoms with Gasteiger partial charge in [-0.3, -0.25) is 9.69 Å². The highest BCUT2D eigenvalue weighted by Crippen LogP contribution is 2.31. The minimum absolute atomic E-state index is 0.0367. The maximum atomic E-state index is 12.5. The summed E-state index contributed by atoms with van der Waals surface area (Å²) >= 11 is 0. The van der Waals surface area contributed by atoms with Crippen molar-refractivity contribution in [2.45, 2.75) is 39.2 Å². The third-order valence-electron chi connectivity index (χ3n) is 4.43. The van der Waals surface area contributed by atoms with Crippen LogP contribution in [-0.4, -0.2) is 48.7 Å². The van der Waals surface area contributed by atoms with Crippen molar-refractivity contribution in [1.29, 1.82) is 0 Å². The lowest BCUT2D eigenvalue weighted by atomic mass is 10.0. The molecule has 0 aromatic heterocycles. The van der Waals surface area contributed by atoms with Gasteiger partial charge < -0.3 is 15.2 Å². The number of aryl methyl sites for hydroxylation is 1. The molecule has 1 aliphatic heterocycles. The average Bonchev–Trinajstić information content (AvgIpc) is 2.99. The molecule has 0 bridgehead atoms. The summed E-state index contributed by atoms with van der Waals surface area (Å²) in [5, 5.41) is 13.0. The molecule has 0 spiro atoms. The second kappa shape index (κ2) is 7.49. The molecule has 1 aliphatic rings. The average molecular weight is 306 g/mol. The van der Waals surface area contributed by atoms with Crippen LogP contribution in [0.25, 0.3) is 0 Å². The maximum absolute atomic E-state index is 12.5. The smallest absolute Gasteiger partial charge is 0.258 e. The molecule has 0 saturated carbocycles. The van der Waals surface area contributed by atoms with Crippen molar-refractivity contribution < 1.29 is 14.6 Å². The predicted octanol–water partition coefficient (Wildman–Crippen LogP) is 2.18. The van der Waals surface area contributed by atoms with E-state index in [4.69, 9.17) is 4.74 Å². The SMILES string of the molecule is CCc1ccc(O)c(C(=O)NC[C@@H]2CCCN2CC)c1OC. The number of carbonyl (C=O) groups excluding carboxylic acids is 1. The zero-order valence-corrected chi connectivity index (χ0v) is 13.7. The standard InChI is InChI=1S/C17H26N2O3/c1-4-12-8-9-14(20)15(16(12)22-3)17(21)18-11-13-7-6-10-19(13)5-2/h8-9,13,20H,4-7,10-11H2,1-3H3,(H,18,21)/t13-/m0/s1. The minimum Gasteiger partial charge on any atom is -0.507 e. The van der Waals surface area contributed by atoms with Gasteiger partial charge in [0, 0.05) is 12.6 Å². The summed E-state index contributed by atoms with van der Waals surface area (Å²) in [7, 11) is 1.53. The number of phenols is 1. The van der Waals surface area contributed by atoms with Crippen LogP contribution in [-0.2, 0) is 6.42 Å². The van der Waals surface area contributed by atoms with Gasteiger partial charge >= 0.3 is 0 Å². The van der Waals surface area contributed by atoms with Crippen molar-refractivity contribution in [2.75, 3.05) is 26.7 Å². The molecular formula is C17H26N2O3. The number of ether oxygens (including phenoxy) is 1. The summed E-state index contributed by atoms with van der Waals surface area (Å²) in [6, 6.07) is 3.74. The van der Waals surface area contributed by atoms with E-state index in [2.05, 4.69) is 17.1 Å². The van der Waals surface area contributed by atoms with Crippen LogP contribution in [0.3, 0.4) is 0 Å². The molecule has 2 N–H and O–H groups in total. The number of nitrogens with zero attached hydrogens (tertiary/aromatic N) is 1. The normalized spacial score (nSPS) is 18.4. The van der Waals surface area contributed by atoms with Crippen molar-refractivity contribution in [3.05, 3.63) is 23.3 Å². The van der Waals surface area contributed by atoms with Gasteiger partial charge in [0.1, 0.15) is 17.1 Å². The van der Waals surface area contributed by atoms with E-state index in [0.717, 1.165) is 31.5 Å². The van der Waals surface area contributed by atoms with Gasteiger partial charge in [-0.1, -0.05) is 19.9 Å². The third-order valence-corrected chi connectivity index (χ3v) is 4.43. The maximum Gasteiger partial charge on any atom is 0.258 e. The Labute approximate surface area is 132 Å². The van der Waals surface area contributed by atoms with E-state index in [1.807, 2.05) is 6.92 Å². The molecule has 1 amide bonds. The van der Waals surface area contributed by atoms with Gasteiger partial charge in [0.25, 0.3) is 5.91 Å². The summed E-state index contributed by atoms with van der Waals surface area (Å²) < 4.78 is 5.35. The molecule has 1 heterocycles. The lowest BCUT2D eigenvalue weighted by Crippen LogP contribution is -2.40. The minimum atomic E-state index is -0.271. The summed E-state index contributed by atoms with van der Waals surface area (Å²) in [5.74, 6) is 0.164. The van der Waals surface area contributed by atoms with Crippen LogP contribution in [0.4, 0.5) is 0 Å². The fourth-order valence-electron chi connectivity index (χ4n) is 3.19. The van der Waals surface area contributed by atoms with Gasteiger partial charge in [0.05, 0.1) is 7.11 Å². The summed E-state index contributed by atoms with van der Waals surface area (Å²) in [6.07, 6.45) is 3.02. The number of likely N-dealkylation sites (N-methyl/N-ethyl adjacent to an activating group) is 1. The van der Waals surface area contributed by atoms with Crippen LogP contribution in [0.5, 0.6) is 11.5 Å². The van der Waals surface area contributed by atoms with E-state index >= 15 is 0 Å². The van der Waals surface area contributed by atoms with E-state index < -0.39 is 0 Å². The Balaban J connectivity index is 2.12. The summed E-state index contributed by atoms with van der Waals surface area (Å²) in [5.41, 5.74) is 1.16. The van der Waals surface area contributed by atoms with Gasteiger partial charge in [0.2, 0.25) is 0 Å². The number of hydrogen-bond donors (Lipinski definition) is 2. The van der Waals surface area contributed by atoms with E-state index in [1.165, 1.54) is 13.5 Å². The fraction of sp³-hybridized carbons (Fsp3) is 0.588. The largest absolute Gasteiger partial charge is 0.507 e. The monoisotopic (exact) mass is 306 g/mol. The van der Waals surface area contributed by atoms with Gasteiger partial charge in [-0.05, 0) is 44.0 Å². The molecule has 22 heavy (non-hydrogen) atoms. The van der Waals surface area contributed by atoms with E-state index in [1.54, 1.807) is 12.1 Å². The number of carbonyl (C=O) groups is 1. The Morgan fingerprint density at radius 3 is 2.86 bits per heavy atom. The lowest BCUT2D eigenvalue weighted by Gasteiger charge is -2.23. The summed E-state index contributed by atoms with van der Waals surface area (Å²) in [4.78, 5) is 14.9. The second-order valence-corrected chi connectivity index (χ2v) is 5.64. The number of methoxy groups -OCH3 is 1. The molecule has 5 nitrogen and oxygen atoms in total. The number of rotatable bonds is 6. The van der Waals surface area contributed by atoms with E-state index in [0.29, 0.717) is 18.3 Å². The Morgan fingerprint density at radius 2 is 2.23 bits per heavy atom. The zero-order valence-electron chi connectivity index (χ0n) is 13.7. The van der Waals surface area contributed by atoms with Crippen molar-refractivity contribution >= 4 is 5.91 Å². The summed E-state index contributed by atoms with van der Waals surface area (Å²) in [6.45, 7) is 6.83. The first-order valence-corrected chi connectivity index (χ1v) is 8.03. The Kier molecular flexibility index (Phi) is 5.66. The molecule has 1 aromatic carbocycles.